The standard InChI is InChI=1S/C18H23NOS/c1-14(2)19(16-7-9-17(20-3)10-8-16)13-15-5-11-18(21-4)12-6-15/h5-12,14H,13H2,1-4H3. The van der Waals surface area contributed by atoms with Crippen molar-refractivity contribution in [2.45, 2.75) is 31.3 Å². The van der Waals surface area contributed by atoms with Crippen molar-refractivity contribution in [3.8, 4) is 5.75 Å². The SMILES string of the molecule is COc1ccc(N(Cc2ccc(SC)cc2)C(C)C)cc1. The second-order valence-electron chi connectivity index (χ2n) is 5.27. The molecule has 3 heteroatoms. The molecule has 0 aromatic heterocycles. The Hall–Kier alpha value is -1.61. The first kappa shape index (κ1) is 15.8. The van der Waals surface area contributed by atoms with Crippen molar-refractivity contribution in [2.24, 2.45) is 0 Å². The molecule has 0 spiro atoms. The van der Waals surface area contributed by atoms with E-state index in [1.165, 1.54) is 16.1 Å². The predicted molar refractivity (Wildman–Crippen MR) is 92.5 cm³/mol. The van der Waals surface area contributed by atoms with E-state index in [-0.39, 0.29) is 0 Å². The molecule has 2 nitrogen and oxygen atoms in total. The lowest BCUT2D eigenvalue weighted by molar-refractivity contribution is 0.415. The van der Waals surface area contributed by atoms with Gasteiger partial charge in [-0.05, 0) is 62.1 Å². The van der Waals surface area contributed by atoms with Gasteiger partial charge in [-0.2, -0.15) is 0 Å². The largest absolute Gasteiger partial charge is 0.497 e. The molecule has 0 saturated heterocycles. The first-order chi connectivity index (χ1) is 10.1. The minimum Gasteiger partial charge on any atom is -0.497 e. The second kappa shape index (κ2) is 7.41. The number of anilines is 1. The van der Waals surface area contributed by atoms with E-state index in [1.807, 2.05) is 12.1 Å². The zero-order valence-corrected chi connectivity index (χ0v) is 14.0. The number of rotatable bonds is 6. The number of ether oxygens (including phenoxy) is 1. The van der Waals surface area contributed by atoms with Crippen molar-refractivity contribution in [1.82, 2.24) is 0 Å². The van der Waals surface area contributed by atoms with Gasteiger partial charge >= 0.3 is 0 Å². The second-order valence-corrected chi connectivity index (χ2v) is 6.15. The highest BCUT2D eigenvalue weighted by molar-refractivity contribution is 7.98. The Kier molecular flexibility index (Phi) is 5.57. The van der Waals surface area contributed by atoms with Gasteiger partial charge in [0.15, 0.2) is 0 Å². The first-order valence-corrected chi connectivity index (χ1v) is 8.40. The molecule has 0 bridgehead atoms. The molecule has 0 amide bonds. The Bertz CT molecular complexity index is 548. The van der Waals surface area contributed by atoms with Gasteiger partial charge in [0.1, 0.15) is 5.75 Å². The van der Waals surface area contributed by atoms with E-state index in [0.717, 1.165) is 12.3 Å². The fraction of sp³-hybridized carbons (Fsp3) is 0.333. The summed E-state index contributed by atoms with van der Waals surface area (Å²) in [4.78, 5) is 3.70. The number of thioether (sulfide) groups is 1. The fourth-order valence-electron chi connectivity index (χ4n) is 2.27. The maximum atomic E-state index is 5.23. The topological polar surface area (TPSA) is 12.5 Å². The molecule has 21 heavy (non-hydrogen) atoms. The molecule has 2 aromatic rings. The van der Waals surface area contributed by atoms with Crippen LogP contribution in [-0.4, -0.2) is 19.4 Å². The van der Waals surface area contributed by atoms with Crippen LogP contribution in [0.25, 0.3) is 0 Å². The van der Waals surface area contributed by atoms with Crippen LogP contribution in [0.3, 0.4) is 0 Å². The van der Waals surface area contributed by atoms with Crippen LogP contribution in [0, 0.1) is 0 Å². The molecule has 2 rings (SSSR count). The van der Waals surface area contributed by atoms with Crippen molar-refractivity contribution in [3.63, 3.8) is 0 Å². The third-order valence-corrected chi connectivity index (χ3v) is 4.28. The lowest BCUT2D eigenvalue weighted by atomic mass is 10.1. The van der Waals surface area contributed by atoms with Crippen LogP contribution in [0.4, 0.5) is 5.69 Å². The van der Waals surface area contributed by atoms with E-state index in [2.05, 4.69) is 61.4 Å². The molecule has 0 saturated carbocycles. The average molecular weight is 301 g/mol. The van der Waals surface area contributed by atoms with Crippen LogP contribution < -0.4 is 9.64 Å². The van der Waals surface area contributed by atoms with Gasteiger partial charge in [0.2, 0.25) is 0 Å². The van der Waals surface area contributed by atoms with Gasteiger partial charge in [0, 0.05) is 23.2 Å². The summed E-state index contributed by atoms with van der Waals surface area (Å²) in [6, 6.07) is 17.5. The quantitative estimate of drug-likeness (QED) is 0.709. The highest BCUT2D eigenvalue weighted by Gasteiger charge is 2.11. The molecule has 0 heterocycles. The third-order valence-electron chi connectivity index (χ3n) is 3.54. The summed E-state index contributed by atoms with van der Waals surface area (Å²) in [6.07, 6.45) is 2.10. The van der Waals surface area contributed by atoms with E-state index in [1.54, 1.807) is 18.9 Å². The van der Waals surface area contributed by atoms with Crippen LogP contribution in [0.1, 0.15) is 19.4 Å². The van der Waals surface area contributed by atoms with Gasteiger partial charge in [0.25, 0.3) is 0 Å². The Morgan fingerprint density at radius 2 is 1.62 bits per heavy atom. The number of hydrogen-bond acceptors (Lipinski definition) is 3. The predicted octanol–water partition coefficient (Wildman–Crippen LogP) is 4.83. The molecule has 0 N–H and O–H groups in total. The van der Waals surface area contributed by atoms with Crippen molar-refractivity contribution < 1.29 is 4.74 Å². The van der Waals surface area contributed by atoms with E-state index < -0.39 is 0 Å². The molecule has 112 valence electrons. The van der Waals surface area contributed by atoms with E-state index in [4.69, 9.17) is 4.74 Å². The van der Waals surface area contributed by atoms with Crippen LogP contribution in [-0.2, 0) is 6.54 Å². The molecule has 0 atom stereocenters. The van der Waals surface area contributed by atoms with Crippen molar-refractivity contribution >= 4 is 17.4 Å². The summed E-state index contributed by atoms with van der Waals surface area (Å²) in [7, 11) is 1.70. The zero-order chi connectivity index (χ0) is 15.2. The Morgan fingerprint density at radius 1 is 1.00 bits per heavy atom. The molecular weight excluding hydrogens is 278 g/mol. The average Bonchev–Trinajstić information content (AvgIpc) is 2.53. The number of methoxy groups -OCH3 is 1. The van der Waals surface area contributed by atoms with Crippen molar-refractivity contribution in [2.75, 3.05) is 18.3 Å². The van der Waals surface area contributed by atoms with E-state index in [9.17, 15) is 0 Å². The van der Waals surface area contributed by atoms with Crippen LogP contribution in [0.5, 0.6) is 5.75 Å². The summed E-state index contributed by atoms with van der Waals surface area (Å²) in [5.74, 6) is 0.895. The molecule has 0 fully saturated rings. The molecule has 0 aliphatic carbocycles. The summed E-state index contributed by atoms with van der Waals surface area (Å²) < 4.78 is 5.23. The minimum absolute atomic E-state index is 0.443. The summed E-state index contributed by atoms with van der Waals surface area (Å²) in [5, 5.41) is 0. The fourth-order valence-corrected chi connectivity index (χ4v) is 2.68. The summed E-state index contributed by atoms with van der Waals surface area (Å²) >= 11 is 1.78. The van der Waals surface area contributed by atoms with Gasteiger partial charge in [0.05, 0.1) is 7.11 Å². The molecule has 0 radical (unpaired) electrons. The lowest BCUT2D eigenvalue weighted by Crippen LogP contribution is -2.30. The third kappa shape index (κ3) is 4.18. The van der Waals surface area contributed by atoms with Gasteiger partial charge in [-0.1, -0.05) is 12.1 Å². The van der Waals surface area contributed by atoms with Crippen LogP contribution in [0.2, 0.25) is 0 Å². The smallest absolute Gasteiger partial charge is 0.119 e. The van der Waals surface area contributed by atoms with Crippen molar-refractivity contribution in [3.05, 3.63) is 54.1 Å². The molecule has 0 aliphatic rings. The molecule has 0 unspecified atom stereocenters. The maximum absolute atomic E-state index is 5.23. The normalized spacial score (nSPS) is 10.7. The van der Waals surface area contributed by atoms with Crippen LogP contribution >= 0.6 is 11.8 Å². The highest BCUT2D eigenvalue weighted by Crippen LogP contribution is 2.24. The summed E-state index contributed by atoms with van der Waals surface area (Å²) in [5.41, 5.74) is 2.55. The van der Waals surface area contributed by atoms with Gasteiger partial charge < -0.3 is 9.64 Å². The number of hydrogen-bond donors (Lipinski definition) is 0. The Labute approximate surface area is 132 Å². The molecular formula is C18H23NOS. The lowest BCUT2D eigenvalue weighted by Gasteiger charge is -2.29. The highest BCUT2D eigenvalue weighted by atomic mass is 32.2. The molecule has 2 aromatic carbocycles. The Morgan fingerprint density at radius 3 is 2.10 bits per heavy atom. The molecule has 0 aliphatic heterocycles. The monoisotopic (exact) mass is 301 g/mol. The van der Waals surface area contributed by atoms with E-state index >= 15 is 0 Å². The van der Waals surface area contributed by atoms with Crippen LogP contribution in [0.15, 0.2) is 53.4 Å². The van der Waals surface area contributed by atoms with Gasteiger partial charge in [-0.3, -0.25) is 0 Å². The zero-order valence-electron chi connectivity index (χ0n) is 13.2. The van der Waals surface area contributed by atoms with Crippen molar-refractivity contribution in [1.29, 1.82) is 0 Å². The first-order valence-electron chi connectivity index (χ1n) is 7.17. The van der Waals surface area contributed by atoms with Gasteiger partial charge in [-0.25, -0.2) is 0 Å². The summed E-state index contributed by atoms with van der Waals surface area (Å²) in [6.45, 7) is 5.36. The van der Waals surface area contributed by atoms with E-state index in [0.29, 0.717) is 6.04 Å². The minimum atomic E-state index is 0.443. The number of benzene rings is 2. The maximum Gasteiger partial charge on any atom is 0.119 e. The Balaban J connectivity index is 2.17. The number of nitrogens with zero attached hydrogens (tertiary/aromatic N) is 1. The van der Waals surface area contributed by atoms with Gasteiger partial charge in [-0.15, -0.1) is 11.8 Å².